The summed E-state index contributed by atoms with van der Waals surface area (Å²) in [6, 6.07) is 32.7. The molecule has 8 rings (SSSR count). The lowest BCUT2D eigenvalue weighted by atomic mass is 10.0. The van der Waals surface area contributed by atoms with Crippen molar-refractivity contribution in [1.29, 1.82) is 0 Å². The minimum absolute atomic E-state index is 0.945. The number of rotatable bonds is 0. The molecule has 0 aliphatic heterocycles. The summed E-state index contributed by atoms with van der Waals surface area (Å²) in [6.45, 7) is 0. The Morgan fingerprint density at radius 2 is 1.27 bits per heavy atom. The predicted octanol–water partition coefficient (Wildman–Crippen LogP) is 7.89. The second-order valence-electron chi connectivity index (χ2n) is 8.18. The van der Waals surface area contributed by atoms with Crippen molar-refractivity contribution in [2.45, 2.75) is 0 Å². The van der Waals surface area contributed by atoms with Gasteiger partial charge in [0.1, 0.15) is 11.2 Å². The van der Waals surface area contributed by atoms with E-state index in [1.54, 1.807) is 0 Å². The molecule has 8 aromatic rings. The molecule has 5 aromatic carbocycles. The number of furan rings is 1. The lowest BCUT2D eigenvalue weighted by molar-refractivity contribution is 0.669. The van der Waals surface area contributed by atoms with Crippen molar-refractivity contribution >= 4 is 70.8 Å². The Hall–Kier alpha value is -4.04. The number of fused-ring (bicyclic) bond motifs is 11. The maximum atomic E-state index is 6.18. The highest BCUT2D eigenvalue weighted by atomic mass is 16.3. The lowest BCUT2D eigenvalue weighted by Gasteiger charge is -2.02. The zero-order valence-corrected chi connectivity index (χ0v) is 16.0. The second-order valence-corrected chi connectivity index (χ2v) is 8.18. The molecule has 0 amide bonds. The molecule has 2 heteroatoms. The van der Waals surface area contributed by atoms with Gasteiger partial charge in [-0.15, -0.1) is 0 Å². The van der Waals surface area contributed by atoms with Gasteiger partial charge in [-0.3, -0.25) is 0 Å². The van der Waals surface area contributed by atoms with E-state index < -0.39 is 0 Å². The van der Waals surface area contributed by atoms with E-state index in [-0.39, 0.29) is 0 Å². The number of nitrogens with zero attached hydrogens (tertiary/aromatic N) is 1. The average molecular weight is 381 g/mol. The maximum absolute atomic E-state index is 6.18. The summed E-state index contributed by atoms with van der Waals surface area (Å²) in [5.74, 6) is 0. The molecule has 30 heavy (non-hydrogen) atoms. The first-order valence-corrected chi connectivity index (χ1v) is 10.3. The molecule has 0 aliphatic rings. The highest BCUT2D eigenvalue weighted by molar-refractivity contribution is 6.32. The summed E-state index contributed by atoms with van der Waals surface area (Å²) < 4.78 is 8.63. The third kappa shape index (κ3) is 1.60. The monoisotopic (exact) mass is 381 g/mol. The Morgan fingerprint density at radius 1 is 0.500 bits per heavy atom. The van der Waals surface area contributed by atoms with Crippen molar-refractivity contribution in [2.75, 3.05) is 0 Å². The summed E-state index contributed by atoms with van der Waals surface area (Å²) in [6.07, 6.45) is 0. The van der Waals surface area contributed by atoms with Crippen molar-refractivity contribution in [3.63, 3.8) is 0 Å². The van der Waals surface area contributed by atoms with Crippen molar-refractivity contribution in [1.82, 2.24) is 4.40 Å². The van der Waals surface area contributed by atoms with E-state index >= 15 is 0 Å². The van der Waals surface area contributed by atoms with E-state index in [9.17, 15) is 0 Å². The molecule has 2 nitrogen and oxygen atoms in total. The molecule has 0 saturated carbocycles. The number of para-hydroxylation sites is 2. The van der Waals surface area contributed by atoms with E-state index in [1.807, 2.05) is 6.07 Å². The Bertz CT molecular complexity index is 1950. The normalized spacial score (nSPS) is 12.7. The molecule has 138 valence electrons. The van der Waals surface area contributed by atoms with Gasteiger partial charge in [0.25, 0.3) is 0 Å². The zero-order chi connectivity index (χ0) is 19.4. The molecular weight excluding hydrogens is 366 g/mol. The number of aromatic nitrogens is 1. The van der Waals surface area contributed by atoms with Gasteiger partial charge in [0.2, 0.25) is 0 Å². The molecule has 0 aliphatic carbocycles. The van der Waals surface area contributed by atoms with Crippen molar-refractivity contribution in [2.24, 2.45) is 0 Å². The van der Waals surface area contributed by atoms with Gasteiger partial charge >= 0.3 is 0 Å². The van der Waals surface area contributed by atoms with Gasteiger partial charge in [0.05, 0.1) is 16.6 Å². The summed E-state index contributed by atoms with van der Waals surface area (Å²) in [7, 11) is 0. The molecule has 0 spiro atoms. The lowest BCUT2D eigenvalue weighted by Crippen LogP contribution is -1.81. The topological polar surface area (TPSA) is 17.6 Å². The molecule has 0 radical (unpaired) electrons. The van der Waals surface area contributed by atoms with Crippen LogP contribution in [0.25, 0.3) is 70.8 Å². The van der Waals surface area contributed by atoms with Crippen LogP contribution in [0, 0.1) is 0 Å². The third-order valence-corrected chi connectivity index (χ3v) is 6.69. The van der Waals surface area contributed by atoms with Crippen molar-refractivity contribution in [3.05, 3.63) is 91.0 Å². The van der Waals surface area contributed by atoms with E-state index in [0.29, 0.717) is 0 Å². The first kappa shape index (κ1) is 14.9. The SMILES string of the molecule is c1ccc2cc3c(cc2c1)c1cccc2c4c5c(ccc4n3c12)oc1ccccc15. The van der Waals surface area contributed by atoms with Gasteiger partial charge in [0.15, 0.2) is 0 Å². The van der Waals surface area contributed by atoms with Gasteiger partial charge in [-0.25, -0.2) is 0 Å². The first-order chi connectivity index (χ1) is 14.9. The minimum Gasteiger partial charge on any atom is -0.456 e. The molecule has 0 unspecified atom stereocenters. The predicted molar refractivity (Wildman–Crippen MR) is 126 cm³/mol. The van der Waals surface area contributed by atoms with Gasteiger partial charge in [-0.2, -0.15) is 0 Å². The first-order valence-electron chi connectivity index (χ1n) is 10.3. The van der Waals surface area contributed by atoms with Crippen LogP contribution >= 0.6 is 0 Å². The molecule has 0 bridgehead atoms. The zero-order valence-electron chi connectivity index (χ0n) is 16.0. The van der Waals surface area contributed by atoms with E-state index in [1.165, 1.54) is 59.6 Å². The largest absolute Gasteiger partial charge is 0.456 e. The fourth-order valence-electron chi connectivity index (χ4n) is 5.47. The molecule has 3 aromatic heterocycles. The van der Waals surface area contributed by atoms with Crippen molar-refractivity contribution < 1.29 is 4.42 Å². The summed E-state index contributed by atoms with van der Waals surface area (Å²) >= 11 is 0. The standard InChI is InChI=1S/C28H15NO/c1-2-7-17-15-23-21(14-16(17)6-1)18-9-5-10-20-26-22(29(23)28(18)20)12-13-25-27(26)19-8-3-4-11-24(19)30-25/h1-15H. The summed E-state index contributed by atoms with van der Waals surface area (Å²) in [5.41, 5.74) is 5.70. The van der Waals surface area contributed by atoms with E-state index in [4.69, 9.17) is 4.42 Å². The van der Waals surface area contributed by atoms with Gasteiger partial charge in [0, 0.05) is 32.3 Å². The molecule has 0 saturated heterocycles. The summed E-state index contributed by atoms with van der Waals surface area (Å²) in [4.78, 5) is 0. The van der Waals surface area contributed by atoms with Gasteiger partial charge in [-0.1, -0.05) is 60.7 Å². The summed E-state index contributed by atoms with van der Waals surface area (Å²) in [5, 5.41) is 10.2. The molecule has 3 heterocycles. The van der Waals surface area contributed by atoms with Crippen LogP contribution in [-0.4, -0.2) is 4.40 Å². The van der Waals surface area contributed by atoms with E-state index in [0.717, 1.165) is 11.2 Å². The number of hydrogen-bond donors (Lipinski definition) is 0. The second kappa shape index (κ2) is 4.92. The van der Waals surface area contributed by atoms with Crippen LogP contribution in [0.2, 0.25) is 0 Å². The Balaban J connectivity index is 1.73. The Morgan fingerprint density at radius 3 is 2.20 bits per heavy atom. The van der Waals surface area contributed by atoms with Gasteiger partial charge < -0.3 is 8.82 Å². The molecule has 0 N–H and O–H groups in total. The van der Waals surface area contributed by atoms with Crippen LogP contribution in [0.1, 0.15) is 0 Å². The Labute approximate surface area is 170 Å². The van der Waals surface area contributed by atoms with Crippen LogP contribution in [0.5, 0.6) is 0 Å². The minimum atomic E-state index is 0.945. The fourth-order valence-corrected chi connectivity index (χ4v) is 5.47. The van der Waals surface area contributed by atoms with Crippen LogP contribution < -0.4 is 0 Å². The molecular formula is C28H15NO. The Kier molecular flexibility index (Phi) is 2.44. The fraction of sp³-hybridized carbons (Fsp3) is 0. The smallest absolute Gasteiger partial charge is 0.136 e. The van der Waals surface area contributed by atoms with Crippen LogP contribution in [0.4, 0.5) is 0 Å². The molecule has 0 fully saturated rings. The van der Waals surface area contributed by atoms with Gasteiger partial charge in [-0.05, 0) is 41.1 Å². The number of benzene rings is 5. The maximum Gasteiger partial charge on any atom is 0.136 e. The highest BCUT2D eigenvalue weighted by Crippen LogP contribution is 2.44. The van der Waals surface area contributed by atoms with Crippen LogP contribution in [0.3, 0.4) is 0 Å². The number of hydrogen-bond acceptors (Lipinski definition) is 1. The third-order valence-electron chi connectivity index (χ3n) is 6.69. The van der Waals surface area contributed by atoms with E-state index in [2.05, 4.69) is 89.3 Å². The van der Waals surface area contributed by atoms with Crippen molar-refractivity contribution in [3.8, 4) is 0 Å². The quantitative estimate of drug-likeness (QED) is 0.261. The molecule has 0 atom stereocenters. The highest BCUT2D eigenvalue weighted by Gasteiger charge is 2.21. The average Bonchev–Trinajstić information content (AvgIpc) is 3.43. The van der Waals surface area contributed by atoms with Crippen LogP contribution in [-0.2, 0) is 0 Å². The van der Waals surface area contributed by atoms with Crippen LogP contribution in [0.15, 0.2) is 95.4 Å².